The molecule has 2 atom stereocenters. The smallest absolute Gasteiger partial charge is 0.312 e. The van der Waals surface area contributed by atoms with E-state index in [1.165, 1.54) is 18.2 Å². The summed E-state index contributed by atoms with van der Waals surface area (Å²) in [5, 5.41) is 11.0. The second-order valence-electron chi connectivity index (χ2n) is 4.05. The van der Waals surface area contributed by atoms with Gasteiger partial charge in [-0.2, -0.15) is 0 Å². The highest BCUT2D eigenvalue weighted by molar-refractivity contribution is 6.32. The lowest BCUT2D eigenvalue weighted by Crippen LogP contribution is -2.52. The van der Waals surface area contributed by atoms with Crippen LogP contribution in [0.2, 0.25) is 5.02 Å². The first kappa shape index (κ1) is 13.8. The Hall–Kier alpha value is -1.66. The molecule has 2 unspecified atom stereocenters. The number of Topliss-reactive ketones (excluding diaryl/α,β-unsaturated/α-hetero) is 1. The summed E-state index contributed by atoms with van der Waals surface area (Å²) in [5.41, 5.74) is -0.220. The molecular weight excluding hydrogens is 274 g/mol. The van der Waals surface area contributed by atoms with Crippen molar-refractivity contribution >= 4 is 23.1 Å². The fourth-order valence-corrected chi connectivity index (χ4v) is 2.07. The van der Waals surface area contributed by atoms with Crippen molar-refractivity contribution in [3.05, 3.63) is 33.3 Å². The molecule has 0 aromatic heterocycles. The third kappa shape index (κ3) is 2.69. The molecule has 0 N–H and O–H groups in total. The number of rotatable bonds is 5. The zero-order chi connectivity index (χ0) is 14.0. The molecule has 1 saturated carbocycles. The van der Waals surface area contributed by atoms with Crippen LogP contribution in [0.3, 0.4) is 0 Å². The van der Waals surface area contributed by atoms with Crippen molar-refractivity contribution in [2.45, 2.75) is 25.6 Å². The van der Waals surface area contributed by atoms with E-state index in [1.54, 1.807) is 6.92 Å². The highest BCUT2D eigenvalue weighted by atomic mass is 35.5. The molecule has 0 bridgehead atoms. The topological polar surface area (TPSA) is 78.7 Å². The number of nitrogens with zero attached hydrogens (tertiary/aromatic N) is 1. The first-order chi connectivity index (χ1) is 9.04. The van der Waals surface area contributed by atoms with Gasteiger partial charge in [0.05, 0.1) is 9.95 Å². The van der Waals surface area contributed by atoms with Gasteiger partial charge in [0, 0.05) is 19.1 Å². The summed E-state index contributed by atoms with van der Waals surface area (Å²) in [6.07, 6.45) is -1.01. The van der Waals surface area contributed by atoms with E-state index >= 15 is 0 Å². The molecule has 7 heteroatoms. The number of halogens is 1. The van der Waals surface area contributed by atoms with Crippen molar-refractivity contribution in [3.8, 4) is 5.75 Å². The van der Waals surface area contributed by atoms with Crippen LogP contribution in [-0.2, 0) is 9.53 Å². The number of benzene rings is 1. The summed E-state index contributed by atoms with van der Waals surface area (Å²) in [7, 11) is 0. The van der Waals surface area contributed by atoms with Gasteiger partial charge in [0.2, 0.25) is 5.75 Å². The van der Waals surface area contributed by atoms with Gasteiger partial charge in [0.15, 0.2) is 11.9 Å². The lowest BCUT2D eigenvalue weighted by molar-refractivity contribution is -0.386. The SMILES string of the molecule is CCOC1C(=O)CC1Oc1c(Cl)cccc1[N+](=O)[O-]. The molecule has 0 amide bonds. The second-order valence-corrected chi connectivity index (χ2v) is 4.46. The standard InChI is InChI=1S/C12H12ClNO5/c1-2-18-12-9(15)6-10(12)19-11-7(13)4-3-5-8(11)14(16)17/h3-5,10,12H,2,6H2,1H3. The minimum absolute atomic E-state index is 0.0173. The van der Waals surface area contributed by atoms with E-state index in [4.69, 9.17) is 21.1 Å². The number of hydrogen-bond donors (Lipinski definition) is 0. The van der Waals surface area contributed by atoms with Gasteiger partial charge in [-0.15, -0.1) is 0 Å². The van der Waals surface area contributed by atoms with Crippen LogP contribution in [0.4, 0.5) is 5.69 Å². The average Bonchev–Trinajstić information content (AvgIpc) is 2.37. The van der Waals surface area contributed by atoms with Gasteiger partial charge in [-0.1, -0.05) is 17.7 Å². The lowest BCUT2D eigenvalue weighted by Gasteiger charge is -2.34. The quantitative estimate of drug-likeness (QED) is 0.613. The van der Waals surface area contributed by atoms with Crippen molar-refractivity contribution in [2.75, 3.05) is 6.61 Å². The number of nitro benzene ring substituents is 1. The normalized spacial score (nSPS) is 21.9. The molecule has 1 aromatic rings. The fraction of sp³-hybridized carbons (Fsp3) is 0.417. The van der Waals surface area contributed by atoms with Crippen molar-refractivity contribution in [1.82, 2.24) is 0 Å². The van der Waals surface area contributed by atoms with Crippen LogP contribution >= 0.6 is 11.6 Å². The van der Waals surface area contributed by atoms with Gasteiger partial charge in [-0.25, -0.2) is 0 Å². The predicted molar refractivity (Wildman–Crippen MR) is 67.6 cm³/mol. The summed E-state index contributed by atoms with van der Waals surface area (Å²) in [4.78, 5) is 21.7. The maximum atomic E-state index is 11.4. The fourth-order valence-electron chi connectivity index (χ4n) is 1.86. The van der Waals surface area contributed by atoms with E-state index < -0.39 is 17.1 Å². The first-order valence-electron chi connectivity index (χ1n) is 5.78. The number of carbonyl (C=O) groups excluding carboxylic acids is 1. The molecule has 0 heterocycles. The third-order valence-corrected chi connectivity index (χ3v) is 3.11. The molecule has 1 aromatic carbocycles. The summed E-state index contributed by atoms with van der Waals surface area (Å²) in [5.74, 6) is -0.0853. The number of hydrogen-bond acceptors (Lipinski definition) is 5. The third-order valence-electron chi connectivity index (χ3n) is 2.82. The Labute approximate surface area is 114 Å². The van der Waals surface area contributed by atoms with E-state index in [0.717, 1.165) is 0 Å². The highest BCUT2D eigenvalue weighted by Gasteiger charge is 2.43. The van der Waals surface area contributed by atoms with Crippen LogP contribution in [0.25, 0.3) is 0 Å². The Bertz CT molecular complexity index is 519. The molecular formula is C12H12ClNO5. The Morgan fingerprint density at radius 1 is 1.53 bits per heavy atom. The van der Waals surface area contributed by atoms with Gasteiger partial charge in [-0.05, 0) is 13.0 Å². The molecule has 0 saturated heterocycles. The summed E-state index contributed by atoms with van der Waals surface area (Å²) >= 11 is 5.90. The van der Waals surface area contributed by atoms with Crippen LogP contribution in [0.5, 0.6) is 5.75 Å². The van der Waals surface area contributed by atoms with E-state index in [0.29, 0.717) is 6.61 Å². The molecule has 0 radical (unpaired) electrons. The molecule has 1 fully saturated rings. The van der Waals surface area contributed by atoms with Crippen molar-refractivity contribution in [3.63, 3.8) is 0 Å². The number of ketones is 1. The minimum Gasteiger partial charge on any atom is -0.479 e. The Morgan fingerprint density at radius 2 is 2.26 bits per heavy atom. The van der Waals surface area contributed by atoms with Crippen molar-refractivity contribution < 1.29 is 19.2 Å². The zero-order valence-electron chi connectivity index (χ0n) is 10.2. The molecule has 19 heavy (non-hydrogen) atoms. The molecule has 1 aliphatic rings. The Balaban J connectivity index is 2.20. The van der Waals surface area contributed by atoms with Crippen LogP contribution in [0, 0.1) is 10.1 Å². The number of carbonyl (C=O) groups is 1. The van der Waals surface area contributed by atoms with Gasteiger partial charge in [-0.3, -0.25) is 14.9 Å². The van der Waals surface area contributed by atoms with Crippen LogP contribution in [0.1, 0.15) is 13.3 Å². The summed E-state index contributed by atoms with van der Waals surface area (Å²) in [6, 6.07) is 4.27. The van der Waals surface area contributed by atoms with Crippen molar-refractivity contribution in [2.24, 2.45) is 0 Å². The van der Waals surface area contributed by atoms with Gasteiger partial charge in [0.25, 0.3) is 0 Å². The lowest BCUT2D eigenvalue weighted by atomic mass is 9.90. The molecule has 2 rings (SSSR count). The van der Waals surface area contributed by atoms with Gasteiger partial charge in [0.1, 0.15) is 6.10 Å². The Kier molecular flexibility index (Phi) is 4.01. The minimum atomic E-state index is -0.666. The maximum absolute atomic E-state index is 11.4. The summed E-state index contributed by atoms with van der Waals surface area (Å²) < 4.78 is 10.7. The van der Waals surface area contributed by atoms with Gasteiger partial charge < -0.3 is 9.47 Å². The van der Waals surface area contributed by atoms with Gasteiger partial charge >= 0.3 is 5.69 Å². The molecule has 0 spiro atoms. The first-order valence-corrected chi connectivity index (χ1v) is 6.16. The van der Waals surface area contributed by atoms with Crippen LogP contribution < -0.4 is 4.74 Å². The number of nitro groups is 1. The number of para-hydroxylation sites is 1. The summed E-state index contributed by atoms with van der Waals surface area (Å²) in [6.45, 7) is 2.14. The largest absolute Gasteiger partial charge is 0.479 e. The maximum Gasteiger partial charge on any atom is 0.312 e. The number of ether oxygens (including phenoxy) is 2. The van der Waals surface area contributed by atoms with Crippen LogP contribution in [0.15, 0.2) is 18.2 Å². The van der Waals surface area contributed by atoms with Crippen molar-refractivity contribution in [1.29, 1.82) is 0 Å². The average molecular weight is 286 g/mol. The zero-order valence-corrected chi connectivity index (χ0v) is 10.9. The van der Waals surface area contributed by atoms with E-state index in [2.05, 4.69) is 0 Å². The molecule has 0 aliphatic heterocycles. The molecule has 1 aliphatic carbocycles. The second kappa shape index (κ2) is 5.54. The van der Waals surface area contributed by atoms with E-state index in [-0.39, 0.29) is 28.7 Å². The predicted octanol–water partition coefficient (Wildman–Crippen LogP) is 2.37. The Morgan fingerprint density at radius 3 is 2.84 bits per heavy atom. The van der Waals surface area contributed by atoms with E-state index in [9.17, 15) is 14.9 Å². The molecule has 6 nitrogen and oxygen atoms in total. The highest BCUT2D eigenvalue weighted by Crippen LogP contribution is 2.37. The molecule has 102 valence electrons. The van der Waals surface area contributed by atoms with Crippen LogP contribution in [-0.4, -0.2) is 29.5 Å². The van der Waals surface area contributed by atoms with E-state index in [1.807, 2.05) is 0 Å². The monoisotopic (exact) mass is 285 g/mol.